The average molecular weight is 294 g/mol. The molecule has 20 heavy (non-hydrogen) atoms. The third-order valence-electron chi connectivity index (χ3n) is 3.22. The molecule has 5 nitrogen and oxygen atoms in total. The molecule has 1 aromatic heterocycles. The molecule has 1 aromatic rings. The number of aliphatic imine (C=N–C) groups is 1. The fourth-order valence-electron chi connectivity index (χ4n) is 2.32. The van der Waals surface area contributed by atoms with Crippen LogP contribution in [0.3, 0.4) is 0 Å². The summed E-state index contributed by atoms with van der Waals surface area (Å²) in [5.41, 5.74) is 7.19. The molecule has 1 fully saturated rings. The van der Waals surface area contributed by atoms with Crippen LogP contribution < -0.4 is 5.73 Å². The third kappa shape index (κ3) is 2.90. The molecule has 0 radical (unpaired) electrons. The van der Waals surface area contributed by atoms with Gasteiger partial charge in [0.2, 0.25) is 0 Å². The Bertz CT molecular complexity index is 567. The Labute approximate surface area is 121 Å². The predicted molar refractivity (Wildman–Crippen MR) is 79.1 cm³/mol. The highest BCUT2D eigenvalue weighted by Gasteiger charge is 2.25. The lowest BCUT2D eigenvalue weighted by Gasteiger charge is -2.03. The number of carbonyl (C=O) groups is 2. The van der Waals surface area contributed by atoms with Crippen molar-refractivity contribution >= 4 is 34.6 Å². The van der Waals surface area contributed by atoms with Crippen molar-refractivity contribution in [2.75, 3.05) is 6.61 Å². The summed E-state index contributed by atoms with van der Waals surface area (Å²) in [6, 6.07) is 0. The lowest BCUT2D eigenvalue weighted by molar-refractivity contribution is 0.0533. The van der Waals surface area contributed by atoms with E-state index in [0.29, 0.717) is 21.0 Å². The third-order valence-corrected chi connectivity index (χ3v) is 4.29. The summed E-state index contributed by atoms with van der Waals surface area (Å²) in [6.45, 7) is 3.80. The monoisotopic (exact) mass is 294 g/mol. The molecule has 2 rings (SSSR count). The summed E-state index contributed by atoms with van der Waals surface area (Å²) in [7, 11) is 0. The summed E-state index contributed by atoms with van der Waals surface area (Å²) >= 11 is 1.22. The van der Waals surface area contributed by atoms with Gasteiger partial charge >= 0.3 is 5.97 Å². The van der Waals surface area contributed by atoms with E-state index in [2.05, 4.69) is 4.99 Å². The molecule has 0 atom stereocenters. The van der Waals surface area contributed by atoms with Gasteiger partial charge in [0, 0.05) is 10.6 Å². The van der Waals surface area contributed by atoms with Crippen molar-refractivity contribution in [3.63, 3.8) is 0 Å². The number of esters is 1. The maximum Gasteiger partial charge on any atom is 0.350 e. The Kier molecular flexibility index (Phi) is 4.54. The molecule has 0 unspecified atom stereocenters. The molecule has 1 amide bonds. The van der Waals surface area contributed by atoms with E-state index in [4.69, 9.17) is 10.5 Å². The van der Waals surface area contributed by atoms with E-state index in [1.807, 2.05) is 0 Å². The van der Waals surface area contributed by atoms with E-state index in [1.165, 1.54) is 11.3 Å². The lowest BCUT2D eigenvalue weighted by Crippen LogP contribution is -2.12. The molecule has 1 aliphatic carbocycles. The maximum atomic E-state index is 12.0. The zero-order chi connectivity index (χ0) is 14.7. The van der Waals surface area contributed by atoms with Crippen molar-refractivity contribution in [2.24, 2.45) is 10.7 Å². The molecule has 0 aromatic carbocycles. The summed E-state index contributed by atoms with van der Waals surface area (Å²) in [5.74, 6) is -0.989. The Morgan fingerprint density at radius 1 is 1.35 bits per heavy atom. The number of primary amides is 1. The number of nitrogens with zero attached hydrogens (tertiary/aromatic N) is 1. The largest absolute Gasteiger partial charge is 0.462 e. The van der Waals surface area contributed by atoms with Gasteiger partial charge in [-0.3, -0.25) is 9.79 Å². The van der Waals surface area contributed by atoms with Crippen molar-refractivity contribution in [1.29, 1.82) is 0 Å². The number of aryl methyl sites for hydroxylation is 1. The molecular formula is C14H18N2O3S. The first-order chi connectivity index (χ1) is 9.54. The van der Waals surface area contributed by atoms with Gasteiger partial charge in [-0.15, -0.1) is 11.3 Å². The normalized spacial score (nSPS) is 14.4. The first-order valence-electron chi connectivity index (χ1n) is 6.71. The lowest BCUT2D eigenvalue weighted by atomic mass is 10.2. The number of ether oxygens (including phenoxy) is 1. The van der Waals surface area contributed by atoms with Crippen molar-refractivity contribution in [2.45, 2.75) is 39.5 Å². The molecule has 1 aliphatic rings. The van der Waals surface area contributed by atoms with E-state index in [1.54, 1.807) is 13.8 Å². The van der Waals surface area contributed by atoms with Crippen LogP contribution in [0, 0.1) is 6.92 Å². The highest BCUT2D eigenvalue weighted by atomic mass is 32.1. The van der Waals surface area contributed by atoms with Crippen LogP contribution in [0.4, 0.5) is 5.69 Å². The van der Waals surface area contributed by atoms with Crippen LogP contribution in [0.15, 0.2) is 4.99 Å². The van der Waals surface area contributed by atoms with Crippen LogP contribution in [0.2, 0.25) is 0 Å². The van der Waals surface area contributed by atoms with Crippen molar-refractivity contribution in [3.05, 3.63) is 15.3 Å². The molecule has 6 heteroatoms. The minimum absolute atomic E-state index is 0.289. The highest BCUT2D eigenvalue weighted by molar-refractivity contribution is 7.15. The van der Waals surface area contributed by atoms with Crippen molar-refractivity contribution in [1.82, 2.24) is 0 Å². The second-order valence-electron chi connectivity index (χ2n) is 4.68. The Hall–Kier alpha value is -1.69. The SMILES string of the molecule is CCOC(=O)c1sc(C)c(C(N)=O)c1N=C1CCCC1. The Balaban J connectivity index is 2.51. The van der Waals surface area contributed by atoms with Gasteiger partial charge in [-0.25, -0.2) is 4.79 Å². The molecule has 0 saturated heterocycles. The Morgan fingerprint density at radius 2 is 2.00 bits per heavy atom. The summed E-state index contributed by atoms with van der Waals surface area (Å²) in [5, 5.41) is 0. The standard InChI is InChI=1S/C14H18N2O3S/c1-3-19-14(18)12-11(16-9-6-4-5-7-9)10(13(15)17)8(2)20-12/h3-7H2,1-2H3,(H2,15,17). The van der Waals surface area contributed by atoms with E-state index in [0.717, 1.165) is 31.4 Å². The summed E-state index contributed by atoms with van der Waals surface area (Å²) in [6.07, 6.45) is 4.02. The zero-order valence-corrected chi connectivity index (χ0v) is 12.5. The number of rotatable bonds is 4. The maximum absolute atomic E-state index is 12.0. The first kappa shape index (κ1) is 14.7. The summed E-state index contributed by atoms with van der Waals surface area (Å²) in [4.78, 5) is 29.2. The molecule has 0 aliphatic heterocycles. The highest BCUT2D eigenvalue weighted by Crippen LogP contribution is 2.37. The molecule has 1 heterocycles. The van der Waals surface area contributed by atoms with Crippen LogP contribution in [0.1, 0.15) is 57.5 Å². The van der Waals surface area contributed by atoms with Crippen LogP contribution in [0.25, 0.3) is 0 Å². The Morgan fingerprint density at radius 3 is 2.55 bits per heavy atom. The second kappa shape index (κ2) is 6.17. The topological polar surface area (TPSA) is 81.8 Å². The molecule has 108 valence electrons. The van der Waals surface area contributed by atoms with Crippen LogP contribution in [0.5, 0.6) is 0 Å². The number of hydrogen-bond acceptors (Lipinski definition) is 5. The average Bonchev–Trinajstić information content (AvgIpc) is 2.98. The van der Waals surface area contributed by atoms with E-state index in [-0.39, 0.29) is 6.61 Å². The van der Waals surface area contributed by atoms with Gasteiger partial charge in [-0.1, -0.05) is 0 Å². The van der Waals surface area contributed by atoms with Gasteiger partial charge in [-0.2, -0.15) is 0 Å². The van der Waals surface area contributed by atoms with Crippen molar-refractivity contribution in [3.8, 4) is 0 Å². The van der Waals surface area contributed by atoms with Gasteiger partial charge in [0.1, 0.15) is 10.6 Å². The van der Waals surface area contributed by atoms with Gasteiger partial charge in [0.25, 0.3) is 5.91 Å². The van der Waals surface area contributed by atoms with E-state index < -0.39 is 11.9 Å². The van der Waals surface area contributed by atoms with Crippen LogP contribution in [-0.2, 0) is 4.74 Å². The van der Waals surface area contributed by atoms with E-state index >= 15 is 0 Å². The number of nitrogens with two attached hydrogens (primary N) is 1. The quantitative estimate of drug-likeness (QED) is 0.867. The molecule has 2 N–H and O–H groups in total. The van der Waals surface area contributed by atoms with Crippen molar-refractivity contribution < 1.29 is 14.3 Å². The van der Waals surface area contributed by atoms with E-state index in [9.17, 15) is 9.59 Å². The van der Waals surface area contributed by atoms with Gasteiger partial charge in [-0.05, 0) is 39.5 Å². The van der Waals surface area contributed by atoms with Gasteiger partial charge < -0.3 is 10.5 Å². The number of carbonyl (C=O) groups excluding carboxylic acids is 2. The number of amides is 1. The van der Waals surface area contributed by atoms with Gasteiger partial charge in [0.05, 0.1) is 12.2 Å². The fourth-order valence-corrected chi connectivity index (χ4v) is 3.31. The minimum atomic E-state index is -0.549. The van der Waals surface area contributed by atoms with Gasteiger partial charge in [0.15, 0.2) is 0 Å². The minimum Gasteiger partial charge on any atom is -0.462 e. The molecule has 1 saturated carbocycles. The van der Waals surface area contributed by atoms with Crippen LogP contribution in [-0.4, -0.2) is 24.2 Å². The zero-order valence-electron chi connectivity index (χ0n) is 11.7. The first-order valence-corrected chi connectivity index (χ1v) is 7.53. The summed E-state index contributed by atoms with van der Waals surface area (Å²) < 4.78 is 5.03. The molecular weight excluding hydrogens is 276 g/mol. The van der Waals surface area contributed by atoms with Crippen LogP contribution >= 0.6 is 11.3 Å². The number of thiophene rings is 1. The predicted octanol–water partition coefficient (Wildman–Crippen LogP) is 2.98. The number of hydrogen-bond donors (Lipinski definition) is 1. The second-order valence-corrected chi connectivity index (χ2v) is 5.91. The smallest absolute Gasteiger partial charge is 0.350 e. The fraction of sp³-hybridized carbons (Fsp3) is 0.500. The molecule has 0 spiro atoms. The molecule has 0 bridgehead atoms.